The Hall–Kier alpha value is -1.62. The molecule has 20 heavy (non-hydrogen) atoms. The predicted molar refractivity (Wildman–Crippen MR) is 86.3 cm³/mol. The van der Waals surface area contributed by atoms with E-state index in [2.05, 4.69) is 46.0 Å². The molecule has 0 aliphatic carbocycles. The van der Waals surface area contributed by atoms with E-state index in [9.17, 15) is 0 Å². The molecule has 5 heteroatoms. The van der Waals surface area contributed by atoms with Crippen molar-refractivity contribution in [1.29, 1.82) is 0 Å². The van der Waals surface area contributed by atoms with E-state index in [1.807, 2.05) is 6.92 Å². The van der Waals surface area contributed by atoms with E-state index < -0.39 is 0 Å². The van der Waals surface area contributed by atoms with Gasteiger partial charge in [-0.05, 0) is 49.1 Å². The standard InChI is InChI=1S/C15H22N4S/c1-4-5-13-18-14(16)11(3)15(19-13)17-10(2)8-12-6-7-20-9-12/h6-7,9-10H,4-5,8H2,1-3H3,(H3,16,17,18,19). The highest BCUT2D eigenvalue weighted by molar-refractivity contribution is 7.07. The van der Waals surface area contributed by atoms with Crippen LogP contribution in [0.25, 0.3) is 0 Å². The molecule has 0 aliphatic rings. The van der Waals surface area contributed by atoms with Crippen molar-refractivity contribution < 1.29 is 0 Å². The van der Waals surface area contributed by atoms with Crippen LogP contribution in [0.1, 0.15) is 37.2 Å². The van der Waals surface area contributed by atoms with Gasteiger partial charge in [-0.25, -0.2) is 9.97 Å². The fraction of sp³-hybridized carbons (Fsp3) is 0.467. The van der Waals surface area contributed by atoms with Gasteiger partial charge >= 0.3 is 0 Å². The van der Waals surface area contributed by atoms with E-state index in [-0.39, 0.29) is 0 Å². The van der Waals surface area contributed by atoms with E-state index in [0.29, 0.717) is 11.9 Å². The average molecular weight is 290 g/mol. The number of aryl methyl sites for hydroxylation is 1. The van der Waals surface area contributed by atoms with Crippen molar-refractivity contribution >= 4 is 23.0 Å². The maximum Gasteiger partial charge on any atom is 0.134 e. The molecule has 0 bridgehead atoms. The molecule has 2 aromatic heterocycles. The van der Waals surface area contributed by atoms with Gasteiger partial charge < -0.3 is 11.1 Å². The molecular weight excluding hydrogens is 268 g/mol. The van der Waals surface area contributed by atoms with Gasteiger partial charge in [0.2, 0.25) is 0 Å². The van der Waals surface area contributed by atoms with Crippen LogP contribution in [0.3, 0.4) is 0 Å². The summed E-state index contributed by atoms with van der Waals surface area (Å²) in [6.07, 6.45) is 2.86. The zero-order valence-corrected chi connectivity index (χ0v) is 13.1. The normalized spacial score (nSPS) is 12.3. The number of nitrogen functional groups attached to an aromatic ring is 1. The Kier molecular flexibility index (Phi) is 4.95. The number of aromatic nitrogens is 2. The second-order valence-electron chi connectivity index (χ2n) is 5.13. The van der Waals surface area contributed by atoms with Gasteiger partial charge in [0.25, 0.3) is 0 Å². The Bertz CT molecular complexity index is 551. The number of nitrogens with two attached hydrogens (primary N) is 1. The molecule has 2 aromatic rings. The van der Waals surface area contributed by atoms with Gasteiger partial charge in [-0.2, -0.15) is 11.3 Å². The van der Waals surface area contributed by atoms with Crippen LogP contribution in [0.15, 0.2) is 16.8 Å². The summed E-state index contributed by atoms with van der Waals surface area (Å²) in [6, 6.07) is 2.47. The topological polar surface area (TPSA) is 63.8 Å². The maximum atomic E-state index is 5.97. The molecule has 0 fully saturated rings. The Balaban J connectivity index is 2.11. The van der Waals surface area contributed by atoms with Crippen molar-refractivity contribution in [3.05, 3.63) is 33.8 Å². The van der Waals surface area contributed by atoms with E-state index >= 15 is 0 Å². The van der Waals surface area contributed by atoms with Crippen LogP contribution in [0.2, 0.25) is 0 Å². The SMILES string of the molecule is CCCc1nc(N)c(C)c(NC(C)Cc2ccsc2)n1. The fourth-order valence-electron chi connectivity index (χ4n) is 2.10. The zero-order valence-electron chi connectivity index (χ0n) is 12.3. The summed E-state index contributed by atoms with van der Waals surface area (Å²) in [5.74, 6) is 2.26. The van der Waals surface area contributed by atoms with Crippen molar-refractivity contribution in [3.63, 3.8) is 0 Å². The van der Waals surface area contributed by atoms with Crippen LogP contribution >= 0.6 is 11.3 Å². The summed E-state index contributed by atoms with van der Waals surface area (Å²) in [4.78, 5) is 8.93. The molecule has 0 saturated carbocycles. The predicted octanol–water partition coefficient (Wildman–Crippen LogP) is 3.42. The minimum atomic E-state index is 0.312. The number of hydrogen-bond donors (Lipinski definition) is 2. The van der Waals surface area contributed by atoms with Gasteiger partial charge in [0, 0.05) is 18.0 Å². The molecule has 3 N–H and O–H groups in total. The maximum absolute atomic E-state index is 5.97. The Morgan fingerprint density at radius 3 is 2.85 bits per heavy atom. The lowest BCUT2D eigenvalue weighted by atomic mass is 10.1. The molecule has 2 heterocycles. The molecule has 0 aromatic carbocycles. The second kappa shape index (κ2) is 6.70. The van der Waals surface area contributed by atoms with Crippen LogP contribution in [-0.2, 0) is 12.8 Å². The highest BCUT2D eigenvalue weighted by Crippen LogP contribution is 2.20. The Morgan fingerprint density at radius 2 is 2.20 bits per heavy atom. The summed E-state index contributed by atoms with van der Waals surface area (Å²) in [6.45, 7) is 6.24. The van der Waals surface area contributed by atoms with Crippen LogP contribution in [0.5, 0.6) is 0 Å². The lowest BCUT2D eigenvalue weighted by Crippen LogP contribution is -2.20. The lowest BCUT2D eigenvalue weighted by Gasteiger charge is -2.17. The largest absolute Gasteiger partial charge is 0.383 e. The molecular formula is C15H22N4S. The van der Waals surface area contributed by atoms with Gasteiger partial charge in [0.15, 0.2) is 0 Å². The zero-order chi connectivity index (χ0) is 14.5. The summed E-state index contributed by atoms with van der Waals surface area (Å²) in [5.41, 5.74) is 8.26. The van der Waals surface area contributed by atoms with Crippen LogP contribution in [0.4, 0.5) is 11.6 Å². The van der Waals surface area contributed by atoms with E-state index in [0.717, 1.165) is 36.5 Å². The van der Waals surface area contributed by atoms with E-state index in [1.54, 1.807) is 11.3 Å². The Morgan fingerprint density at radius 1 is 1.40 bits per heavy atom. The van der Waals surface area contributed by atoms with Crippen LogP contribution in [0, 0.1) is 6.92 Å². The first-order valence-electron chi connectivity index (χ1n) is 7.00. The highest BCUT2D eigenvalue weighted by Gasteiger charge is 2.11. The number of nitrogens with zero attached hydrogens (tertiary/aromatic N) is 2. The first-order valence-corrected chi connectivity index (χ1v) is 7.95. The summed E-state index contributed by atoms with van der Waals surface area (Å²) in [5, 5.41) is 7.75. The lowest BCUT2D eigenvalue weighted by molar-refractivity contribution is 0.773. The molecule has 0 amide bonds. The third kappa shape index (κ3) is 3.70. The number of hydrogen-bond acceptors (Lipinski definition) is 5. The van der Waals surface area contributed by atoms with Crippen molar-refractivity contribution in [2.75, 3.05) is 11.1 Å². The van der Waals surface area contributed by atoms with Gasteiger partial charge in [-0.3, -0.25) is 0 Å². The molecule has 0 radical (unpaired) electrons. The molecule has 0 spiro atoms. The summed E-state index contributed by atoms with van der Waals surface area (Å²) >= 11 is 1.73. The third-order valence-electron chi connectivity index (χ3n) is 3.21. The van der Waals surface area contributed by atoms with Gasteiger partial charge in [-0.15, -0.1) is 0 Å². The molecule has 108 valence electrons. The van der Waals surface area contributed by atoms with Crippen LogP contribution in [-0.4, -0.2) is 16.0 Å². The highest BCUT2D eigenvalue weighted by atomic mass is 32.1. The molecule has 0 saturated heterocycles. The third-order valence-corrected chi connectivity index (χ3v) is 3.94. The average Bonchev–Trinajstić information content (AvgIpc) is 2.88. The Labute approximate surface area is 124 Å². The number of nitrogens with one attached hydrogen (secondary N) is 1. The van der Waals surface area contributed by atoms with Crippen molar-refractivity contribution in [3.8, 4) is 0 Å². The van der Waals surface area contributed by atoms with Crippen molar-refractivity contribution in [2.24, 2.45) is 0 Å². The summed E-state index contributed by atoms with van der Waals surface area (Å²) < 4.78 is 0. The fourth-order valence-corrected chi connectivity index (χ4v) is 2.79. The van der Waals surface area contributed by atoms with Gasteiger partial charge in [0.05, 0.1) is 0 Å². The molecule has 2 rings (SSSR count). The number of rotatable bonds is 6. The molecule has 0 aliphatic heterocycles. The minimum Gasteiger partial charge on any atom is -0.383 e. The van der Waals surface area contributed by atoms with Gasteiger partial charge in [0.1, 0.15) is 17.5 Å². The first-order chi connectivity index (χ1) is 9.60. The minimum absolute atomic E-state index is 0.312. The van der Waals surface area contributed by atoms with Crippen molar-refractivity contribution in [2.45, 2.75) is 46.1 Å². The smallest absolute Gasteiger partial charge is 0.134 e. The number of thiophene rings is 1. The quantitative estimate of drug-likeness (QED) is 0.855. The molecule has 1 unspecified atom stereocenters. The van der Waals surface area contributed by atoms with Crippen LogP contribution < -0.4 is 11.1 Å². The molecule has 4 nitrogen and oxygen atoms in total. The number of anilines is 2. The summed E-state index contributed by atoms with van der Waals surface area (Å²) in [7, 11) is 0. The van der Waals surface area contributed by atoms with E-state index in [4.69, 9.17) is 5.73 Å². The van der Waals surface area contributed by atoms with Crippen molar-refractivity contribution in [1.82, 2.24) is 9.97 Å². The van der Waals surface area contributed by atoms with Gasteiger partial charge in [-0.1, -0.05) is 6.92 Å². The van der Waals surface area contributed by atoms with E-state index in [1.165, 1.54) is 5.56 Å². The first kappa shape index (κ1) is 14.8. The monoisotopic (exact) mass is 290 g/mol. The second-order valence-corrected chi connectivity index (χ2v) is 5.91. The molecule has 1 atom stereocenters.